The highest BCUT2D eigenvalue weighted by Gasteiger charge is 2.27. The van der Waals surface area contributed by atoms with Crippen molar-refractivity contribution in [3.8, 4) is 11.5 Å². The van der Waals surface area contributed by atoms with Gasteiger partial charge in [0, 0.05) is 12.0 Å². The average molecular weight is 236 g/mol. The Morgan fingerprint density at radius 2 is 2.29 bits per heavy atom. The summed E-state index contributed by atoms with van der Waals surface area (Å²) in [6, 6.07) is 1.91. The van der Waals surface area contributed by atoms with Crippen LogP contribution in [0.2, 0.25) is 0 Å². The van der Waals surface area contributed by atoms with Crippen molar-refractivity contribution in [1.82, 2.24) is 0 Å². The minimum absolute atomic E-state index is 0.338. The van der Waals surface area contributed by atoms with Crippen LogP contribution < -0.4 is 9.47 Å². The molecule has 0 amide bonds. The van der Waals surface area contributed by atoms with Crippen LogP contribution in [0.25, 0.3) is 0 Å². The Morgan fingerprint density at radius 1 is 1.53 bits per heavy atom. The molecule has 1 aliphatic heterocycles. The second-order valence-electron chi connectivity index (χ2n) is 3.90. The third-order valence-electron chi connectivity index (χ3n) is 2.83. The predicted molar refractivity (Wildman–Crippen MR) is 62.9 cm³/mol. The van der Waals surface area contributed by atoms with Crippen molar-refractivity contribution in [2.24, 2.45) is 0 Å². The van der Waals surface area contributed by atoms with Gasteiger partial charge in [0.15, 0.2) is 0 Å². The number of carbonyl (C=O) groups is 1. The summed E-state index contributed by atoms with van der Waals surface area (Å²) in [5.74, 6) is 1.02. The van der Waals surface area contributed by atoms with E-state index in [0.29, 0.717) is 24.5 Å². The number of benzene rings is 1. The molecule has 0 unspecified atom stereocenters. The topological polar surface area (TPSA) is 44.8 Å². The highest BCUT2D eigenvalue weighted by molar-refractivity contribution is 5.96. The lowest BCUT2D eigenvalue weighted by atomic mass is 10.0. The van der Waals surface area contributed by atoms with Crippen LogP contribution >= 0.6 is 0 Å². The van der Waals surface area contributed by atoms with Crippen LogP contribution in [0.1, 0.15) is 28.4 Å². The number of esters is 1. The Morgan fingerprint density at radius 3 is 2.94 bits per heavy atom. The van der Waals surface area contributed by atoms with Gasteiger partial charge >= 0.3 is 5.97 Å². The molecule has 0 aliphatic carbocycles. The Hall–Kier alpha value is -1.71. The Kier molecular flexibility index (Phi) is 3.22. The number of hydrogen-bond donors (Lipinski definition) is 0. The van der Waals surface area contributed by atoms with E-state index in [9.17, 15) is 4.79 Å². The second kappa shape index (κ2) is 4.65. The van der Waals surface area contributed by atoms with Gasteiger partial charge in [-0.05, 0) is 25.5 Å². The predicted octanol–water partition coefficient (Wildman–Crippen LogP) is 2.12. The summed E-state index contributed by atoms with van der Waals surface area (Å²) in [5.41, 5.74) is 2.30. The molecule has 0 N–H and O–H groups in total. The summed E-state index contributed by atoms with van der Waals surface area (Å²) in [6.45, 7) is 4.64. The summed E-state index contributed by atoms with van der Waals surface area (Å²) < 4.78 is 15.9. The van der Waals surface area contributed by atoms with E-state index >= 15 is 0 Å². The van der Waals surface area contributed by atoms with Crippen LogP contribution in [0.15, 0.2) is 6.07 Å². The number of aryl methyl sites for hydroxylation is 1. The molecule has 0 saturated heterocycles. The molecule has 0 radical (unpaired) electrons. The first-order valence-corrected chi connectivity index (χ1v) is 5.69. The molecule has 1 aliphatic rings. The van der Waals surface area contributed by atoms with Crippen molar-refractivity contribution in [2.45, 2.75) is 20.3 Å². The maximum Gasteiger partial charge on any atom is 0.342 e. The lowest BCUT2D eigenvalue weighted by Crippen LogP contribution is -2.10. The maximum atomic E-state index is 12.0. The molecule has 4 heteroatoms. The maximum absolute atomic E-state index is 12.0. The number of fused-ring (bicyclic) bond motifs is 1. The molecule has 17 heavy (non-hydrogen) atoms. The standard InChI is InChI=1S/C13H16O4/c1-4-16-13(14)11-9-5-6-17-10(9)7-8(2)12(11)15-3/h7H,4-6H2,1-3H3. The van der Waals surface area contributed by atoms with Gasteiger partial charge in [0.2, 0.25) is 0 Å². The highest BCUT2D eigenvalue weighted by Crippen LogP contribution is 2.37. The molecule has 0 spiro atoms. The molecule has 0 bridgehead atoms. The fraction of sp³-hybridized carbons (Fsp3) is 0.462. The molecule has 0 aromatic heterocycles. The summed E-state index contributed by atoms with van der Waals surface area (Å²) in [6.07, 6.45) is 0.722. The van der Waals surface area contributed by atoms with E-state index in [1.165, 1.54) is 0 Å². The minimum atomic E-state index is -0.338. The van der Waals surface area contributed by atoms with Gasteiger partial charge in [0.05, 0.1) is 20.3 Å². The highest BCUT2D eigenvalue weighted by atomic mass is 16.5. The zero-order valence-corrected chi connectivity index (χ0v) is 10.3. The summed E-state index contributed by atoms with van der Waals surface area (Å²) in [4.78, 5) is 12.0. The van der Waals surface area contributed by atoms with E-state index in [1.54, 1.807) is 14.0 Å². The molecule has 2 rings (SSSR count). The van der Waals surface area contributed by atoms with Crippen molar-refractivity contribution >= 4 is 5.97 Å². The van der Waals surface area contributed by atoms with E-state index in [-0.39, 0.29) is 5.97 Å². The summed E-state index contributed by atoms with van der Waals surface area (Å²) in [5, 5.41) is 0. The van der Waals surface area contributed by atoms with Gasteiger partial charge in [-0.15, -0.1) is 0 Å². The van der Waals surface area contributed by atoms with E-state index in [1.807, 2.05) is 13.0 Å². The van der Waals surface area contributed by atoms with Crippen molar-refractivity contribution in [3.63, 3.8) is 0 Å². The zero-order valence-electron chi connectivity index (χ0n) is 10.3. The van der Waals surface area contributed by atoms with E-state index in [2.05, 4.69) is 0 Å². The molecule has 0 atom stereocenters. The average Bonchev–Trinajstić information content (AvgIpc) is 2.74. The van der Waals surface area contributed by atoms with Gasteiger partial charge < -0.3 is 14.2 Å². The van der Waals surface area contributed by atoms with Gasteiger partial charge in [-0.3, -0.25) is 0 Å². The summed E-state index contributed by atoms with van der Waals surface area (Å²) >= 11 is 0. The number of ether oxygens (including phenoxy) is 3. The molecule has 1 heterocycles. The van der Waals surface area contributed by atoms with Crippen LogP contribution in [0.4, 0.5) is 0 Å². The number of methoxy groups -OCH3 is 1. The molecule has 1 aromatic rings. The van der Waals surface area contributed by atoms with Crippen molar-refractivity contribution in [2.75, 3.05) is 20.3 Å². The Labute approximate surface area is 100 Å². The third kappa shape index (κ3) is 1.95. The monoisotopic (exact) mass is 236 g/mol. The first-order valence-electron chi connectivity index (χ1n) is 5.69. The zero-order chi connectivity index (χ0) is 12.4. The number of rotatable bonds is 3. The van der Waals surface area contributed by atoms with Crippen molar-refractivity contribution < 1.29 is 19.0 Å². The van der Waals surface area contributed by atoms with E-state index < -0.39 is 0 Å². The van der Waals surface area contributed by atoms with Crippen molar-refractivity contribution in [3.05, 3.63) is 22.8 Å². The fourth-order valence-corrected chi connectivity index (χ4v) is 2.13. The quantitative estimate of drug-likeness (QED) is 0.754. The second-order valence-corrected chi connectivity index (χ2v) is 3.90. The van der Waals surface area contributed by atoms with Crippen LogP contribution in [-0.2, 0) is 11.2 Å². The first kappa shape index (κ1) is 11.8. The lowest BCUT2D eigenvalue weighted by molar-refractivity contribution is 0.0521. The van der Waals surface area contributed by atoms with Crippen molar-refractivity contribution in [1.29, 1.82) is 0 Å². The molecule has 92 valence electrons. The molecule has 0 saturated carbocycles. The molecule has 1 aromatic carbocycles. The van der Waals surface area contributed by atoms with Gasteiger partial charge in [0.25, 0.3) is 0 Å². The minimum Gasteiger partial charge on any atom is -0.496 e. The molecule has 4 nitrogen and oxygen atoms in total. The smallest absolute Gasteiger partial charge is 0.342 e. The van der Waals surface area contributed by atoms with Gasteiger partial charge in [-0.1, -0.05) is 0 Å². The van der Waals surface area contributed by atoms with E-state index in [4.69, 9.17) is 14.2 Å². The van der Waals surface area contributed by atoms with Gasteiger partial charge in [-0.2, -0.15) is 0 Å². The Balaban J connectivity index is 2.57. The largest absolute Gasteiger partial charge is 0.496 e. The molecular formula is C13H16O4. The summed E-state index contributed by atoms with van der Waals surface area (Å²) in [7, 11) is 1.56. The van der Waals surface area contributed by atoms with Crippen LogP contribution in [0.3, 0.4) is 0 Å². The van der Waals surface area contributed by atoms with E-state index in [0.717, 1.165) is 23.3 Å². The fourth-order valence-electron chi connectivity index (χ4n) is 2.13. The molecular weight excluding hydrogens is 220 g/mol. The van der Waals surface area contributed by atoms with Gasteiger partial charge in [0.1, 0.15) is 17.1 Å². The lowest BCUT2D eigenvalue weighted by Gasteiger charge is -2.14. The molecule has 0 fully saturated rings. The SMILES string of the molecule is CCOC(=O)c1c2c(cc(C)c1OC)OCC2. The Bertz CT molecular complexity index is 447. The van der Waals surface area contributed by atoms with Gasteiger partial charge in [-0.25, -0.2) is 4.79 Å². The first-order chi connectivity index (χ1) is 8.19. The number of hydrogen-bond acceptors (Lipinski definition) is 4. The van der Waals surface area contributed by atoms with Crippen LogP contribution in [-0.4, -0.2) is 26.3 Å². The third-order valence-corrected chi connectivity index (χ3v) is 2.83. The van der Waals surface area contributed by atoms with Crippen LogP contribution in [0.5, 0.6) is 11.5 Å². The number of carbonyl (C=O) groups excluding carboxylic acids is 1. The van der Waals surface area contributed by atoms with Crippen LogP contribution in [0, 0.1) is 6.92 Å². The normalized spacial score (nSPS) is 12.9.